The molecule has 1 aliphatic rings. The first-order chi connectivity index (χ1) is 22.2. The number of nitrogens with zero attached hydrogens (tertiary/aromatic N) is 2. The van der Waals surface area contributed by atoms with E-state index in [1.165, 1.54) is 12.0 Å². The number of hydrogen-bond donors (Lipinski definition) is 4. The first-order valence-corrected chi connectivity index (χ1v) is 15.2. The fraction of sp³-hybridized carbons (Fsp3) is 0.314. The maximum Gasteiger partial charge on any atom is 0.408 e. The van der Waals surface area contributed by atoms with Crippen LogP contribution in [0.2, 0.25) is 0 Å². The van der Waals surface area contributed by atoms with Crippen LogP contribution in [0.4, 0.5) is 15.3 Å². The fourth-order valence-electron chi connectivity index (χ4n) is 5.57. The van der Waals surface area contributed by atoms with E-state index in [1.54, 1.807) is 6.07 Å². The lowest BCUT2D eigenvalue weighted by molar-refractivity contribution is -0.118. The lowest BCUT2D eigenvalue weighted by atomic mass is 10.00. The average Bonchev–Trinajstić information content (AvgIpc) is 3.41. The van der Waals surface area contributed by atoms with E-state index in [0.717, 1.165) is 33.6 Å². The molecule has 4 aromatic rings. The van der Waals surface area contributed by atoms with Crippen LogP contribution in [0.25, 0.3) is 11.1 Å². The molecule has 1 aromatic heterocycles. The summed E-state index contributed by atoms with van der Waals surface area (Å²) in [5.41, 5.74) is 6.20. The van der Waals surface area contributed by atoms with Crippen LogP contribution in [-0.4, -0.2) is 70.5 Å². The Kier molecular flexibility index (Phi) is 10.3. The smallest absolute Gasteiger partial charge is 0.408 e. The van der Waals surface area contributed by atoms with Gasteiger partial charge < -0.3 is 30.2 Å². The van der Waals surface area contributed by atoms with Gasteiger partial charge in [-0.1, -0.05) is 72.8 Å². The van der Waals surface area contributed by atoms with Crippen molar-refractivity contribution in [2.24, 2.45) is 0 Å². The molecular formula is C35H39N5O6. The molecule has 1 aliphatic heterocycles. The molecule has 5 rings (SSSR count). The van der Waals surface area contributed by atoms with Crippen LogP contribution in [0.1, 0.15) is 40.8 Å². The topological polar surface area (TPSA) is 146 Å². The van der Waals surface area contributed by atoms with E-state index in [2.05, 4.69) is 20.6 Å². The number of nitrogens with one attached hydrogen (secondary N) is 3. The minimum Gasteiger partial charge on any atom is -0.465 e. The molecule has 11 nitrogen and oxygen atoms in total. The van der Waals surface area contributed by atoms with E-state index < -0.39 is 24.3 Å². The number of ether oxygens (including phenoxy) is 2. The highest BCUT2D eigenvalue weighted by Crippen LogP contribution is 2.28. The van der Waals surface area contributed by atoms with Crippen LogP contribution in [-0.2, 0) is 27.1 Å². The van der Waals surface area contributed by atoms with E-state index >= 15 is 0 Å². The third kappa shape index (κ3) is 7.91. The Morgan fingerprint density at radius 1 is 1.02 bits per heavy atom. The third-order valence-corrected chi connectivity index (χ3v) is 8.28. The van der Waals surface area contributed by atoms with E-state index in [0.29, 0.717) is 24.4 Å². The van der Waals surface area contributed by atoms with Crippen LogP contribution in [0.3, 0.4) is 0 Å². The Bertz CT molecular complexity index is 1640. The van der Waals surface area contributed by atoms with Gasteiger partial charge in [0.05, 0.1) is 32.1 Å². The lowest BCUT2D eigenvalue weighted by Gasteiger charge is -2.37. The standard InChI is InChI=1S/C35H39N5O6/c1-22-23(2)37-32(36-22)31-21-46-28(20-40(31)35(43)44)18-17-27-11-7-8-12-29(27)38-33(41)30(39-34(42)45-3)19-24-13-15-26(16-14-24)25-9-5-4-6-10-25/h4-16,28,30-31H,17-21H2,1-3H3,(H,36,37)(H,38,41)(H,39,42)(H,43,44)/t28-,30+,31+/m1/s1. The van der Waals surface area contributed by atoms with Gasteiger partial charge in [0.25, 0.3) is 0 Å². The number of aromatic amines is 1. The highest BCUT2D eigenvalue weighted by molar-refractivity contribution is 5.97. The third-order valence-electron chi connectivity index (χ3n) is 8.28. The van der Waals surface area contributed by atoms with Crippen molar-refractivity contribution in [2.75, 3.05) is 25.6 Å². The van der Waals surface area contributed by atoms with Crippen LogP contribution in [0, 0.1) is 13.8 Å². The maximum absolute atomic E-state index is 13.5. The van der Waals surface area contributed by atoms with Crippen LogP contribution in [0.15, 0.2) is 78.9 Å². The molecule has 3 aromatic carbocycles. The maximum atomic E-state index is 13.5. The first-order valence-electron chi connectivity index (χ1n) is 15.2. The Labute approximate surface area is 268 Å². The molecule has 11 heteroatoms. The average molecular weight is 626 g/mol. The van der Waals surface area contributed by atoms with Crippen LogP contribution >= 0.6 is 0 Å². The molecule has 1 saturated heterocycles. The molecule has 0 aliphatic carbocycles. The normalized spacial score (nSPS) is 16.8. The van der Waals surface area contributed by atoms with Crippen molar-refractivity contribution in [3.63, 3.8) is 0 Å². The summed E-state index contributed by atoms with van der Waals surface area (Å²) in [6.45, 7) is 4.16. The summed E-state index contributed by atoms with van der Waals surface area (Å²) in [4.78, 5) is 46.9. The molecule has 0 saturated carbocycles. The van der Waals surface area contributed by atoms with Gasteiger partial charge in [-0.3, -0.25) is 9.69 Å². The van der Waals surface area contributed by atoms with Crippen molar-refractivity contribution in [1.29, 1.82) is 0 Å². The second-order valence-corrected chi connectivity index (χ2v) is 11.4. The summed E-state index contributed by atoms with van der Waals surface area (Å²) >= 11 is 0. The minimum atomic E-state index is -1.03. The number of aromatic nitrogens is 2. The molecule has 2 heterocycles. The first kappa shape index (κ1) is 32.2. The van der Waals surface area contributed by atoms with Gasteiger partial charge >= 0.3 is 12.2 Å². The molecular weight excluding hydrogens is 586 g/mol. The number of methoxy groups -OCH3 is 1. The highest BCUT2D eigenvalue weighted by atomic mass is 16.5. The van der Waals surface area contributed by atoms with Gasteiger partial charge in [0.15, 0.2) is 0 Å². The number of alkyl carbamates (subject to hydrolysis) is 1. The highest BCUT2D eigenvalue weighted by Gasteiger charge is 2.35. The molecule has 3 amide bonds. The van der Waals surface area contributed by atoms with Gasteiger partial charge in [0.2, 0.25) is 5.91 Å². The number of imidazole rings is 1. The number of H-pyrrole nitrogens is 1. The second-order valence-electron chi connectivity index (χ2n) is 11.4. The molecule has 46 heavy (non-hydrogen) atoms. The number of amides is 3. The second kappa shape index (κ2) is 14.7. The number of anilines is 1. The number of aryl methyl sites for hydroxylation is 3. The summed E-state index contributed by atoms with van der Waals surface area (Å²) in [5.74, 6) is 0.189. The van der Waals surface area contributed by atoms with Gasteiger partial charge in [-0.05, 0) is 55.0 Å². The zero-order valence-electron chi connectivity index (χ0n) is 26.2. The van der Waals surface area contributed by atoms with Crippen molar-refractivity contribution < 1.29 is 29.0 Å². The number of hydrogen-bond acceptors (Lipinski definition) is 6. The molecule has 0 spiro atoms. The minimum absolute atomic E-state index is 0.189. The van der Waals surface area contributed by atoms with Gasteiger partial charge in [-0.2, -0.15) is 0 Å². The summed E-state index contributed by atoms with van der Waals surface area (Å²) in [6.07, 6.45) is -0.734. The number of para-hydroxylation sites is 1. The molecule has 4 N–H and O–H groups in total. The van der Waals surface area contributed by atoms with Gasteiger partial charge in [-0.25, -0.2) is 14.6 Å². The zero-order valence-corrected chi connectivity index (χ0v) is 26.2. The molecule has 0 bridgehead atoms. The van der Waals surface area contributed by atoms with Crippen molar-refractivity contribution in [1.82, 2.24) is 20.2 Å². The molecule has 1 fully saturated rings. The molecule has 0 radical (unpaired) electrons. The summed E-state index contributed by atoms with van der Waals surface area (Å²) in [6, 6.07) is 23.9. The zero-order chi connectivity index (χ0) is 32.6. The monoisotopic (exact) mass is 625 g/mol. The number of benzene rings is 3. The van der Waals surface area contributed by atoms with E-state index in [9.17, 15) is 19.5 Å². The van der Waals surface area contributed by atoms with E-state index in [4.69, 9.17) is 9.47 Å². The summed E-state index contributed by atoms with van der Waals surface area (Å²) < 4.78 is 10.9. The number of carboxylic acid groups (broad SMARTS) is 1. The predicted octanol–water partition coefficient (Wildman–Crippen LogP) is 5.65. The lowest BCUT2D eigenvalue weighted by Crippen LogP contribution is -2.47. The summed E-state index contributed by atoms with van der Waals surface area (Å²) in [5, 5.41) is 15.6. The van der Waals surface area contributed by atoms with Crippen LogP contribution < -0.4 is 10.6 Å². The number of morpholine rings is 1. The van der Waals surface area contributed by atoms with Crippen molar-refractivity contribution in [3.8, 4) is 11.1 Å². The van der Waals surface area contributed by atoms with E-state index in [1.807, 2.05) is 86.6 Å². The van der Waals surface area contributed by atoms with Gasteiger partial charge in [0, 0.05) is 17.8 Å². The molecule has 240 valence electrons. The number of rotatable bonds is 10. The SMILES string of the molecule is COC(=O)N[C@@H](Cc1ccc(-c2ccccc2)cc1)C(=O)Nc1ccccc1CC[C@@H]1CN(C(=O)O)[C@H](c2nc(C)c(C)[nH]2)CO1. The van der Waals surface area contributed by atoms with Crippen molar-refractivity contribution in [2.45, 2.75) is 51.3 Å². The fourth-order valence-corrected chi connectivity index (χ4v) is 5.57. The molecule has 0 unspecified atom stereocenters. The number of carbonyl (C=O) groups excluding carboxylic acids is 2. The largest absolute Gasteiger partial charge is 0.465 e. The van der Waals surface area contributed by atoms with Gasteiger partial charge in [-0.15, -0.1) is 0 Å². The Morgan fingerprint density at radius 2 is 1.72 bits per heavy atom. The van der Waals surface area contributed by atoms with Crippen LogP contribution in [0.5, 0.6) is 0 Å². The van der Waals surface area contributed by atoms with Crippen molar-refractivity contribution >= 4 is 23.8 Å². The summed E-state index contributed by atoms with van der Waals surface area (Å²) in [7, 11) is 1.26. The van der Waals surface area contributed by atoms with Gasteiger partial charge in [0.1, 0.15) is 17.9 Å². The van der Waals surface area contributed by atoms with Crippen molar-refractivity contribution in [3.05, 3.63) is 107 Å². The Hall–Kier alpha value is -5.16. The van der Waals surface area contributed by atoms with E-state index in [-0.39, 0.29) is 31.6 Å². The predicted molar refractivity (Wildman–Crippen MR) is 174 cm³/mol. The molecule has 3 atom stereocenters. The number of carbonyl (C=O) groups is 3. The quantitative estimate of drug-likeness (QED) is 0.178. The Morgan fingerprint density at radius 3 is 2.39 bits per heavy atom. The Balaban J connectivity index is 1.23.